The van der Waals surface area contributed by atoms with Crippen LogP contribution in [0.2, 0.25) is 5.02 Å². The molecule has 0 aliphatic carbocycles. The van der Waals surface area contributed by atoms with E-state index in [1.165, 1.54) is 0 Å². The molecule has 2 N–H and O–H groups in total. The van der Waals surface area contributed by atoms with Gasteiger partial charge in [0.2, 0.25) is 0 Å². The summed E-state index contributed by atoms with van der Waals surface area (Å²) in [5, 5.41) is 14.3. The van der Waals surface area contributed by atoms with Crippen LogP contribution in [-0.4, -0.2) is 27.7 Å². The van der Waals surface area contributed by atoms with Crippen molar-refractivity contribution >= 4 is 28.8 Å². The average molecular weight is 394 g/mol. The molecule has 4 aromatic rings. The zero-order valence-corrected chi connectivity index (χ0v) is 15.5. The summed E-state index contributed by atoms with van der Waals surface area (Å²) in [6.45, 7) is 1.06. The molecule has 0 spiro atoms. The van der Waals surface area contributed by atoms with E-state index in [2.05, 4.69) is 5.32 Å². The topological polar surface area (TPSA) is 68.0 Å². The molecule has 0 amide bonds. The van der Waals surface area contributed by atoms with Crippen molar-refractivity contribution in [2.75, 3.05) is 18.5 Å². The first-order valence-electron chi connectivity index (χ1n) is 8.82. The summed E-state index contributed by atoms with van der Waals surface area (Å²) in [4.78, 5) is 4.69. The minimum atomic E-state index is 0.155. The molecule has 5 rings (SSSR count). The highest BCUT2D eigenvalue weighted by Crippen LogP contribution is 2.38. The number of rotatable bonds is 3. The Hall–Kier alpha value is -3.38. The highest BCUT2D eigenvalue weighted by molar-refractivity contribution is 6.30. The Morgan fingerprint density at radius 3 is 2.68 bits per heavy atom. The monoisotopic (exact) mass is 393 g/mol. The van der Waals surface area contributed by atoms with Crippen molar-refractivity contribution < 1.29 is 14.6 Å². The minimum Gasteiger partial charge on any atom is -0.507 e. The third kappa shape index (κ3) is 2.88. The van der Waals surface area contributed by atoms with Gasteiger partial charge in [0.15, 0.2) is 11.5 Å². The fourth-order valence-corrected chi connectivity index (χ4v) is 3.42. The van der Waals surface area contributed by atoms with Gasteiger partial charge in [-0.05, 0) is 36.4 Å². The number of nitrogens with zero attached hydrogens (tertiary/aromatic N) is 2. The molecule has 0 bridgehead atoms. The molecule has 0 radical (unpaired) electrons. The van der Waals surface area contributed by atoms with Gasteiger partial charge >= 0.3 is 0 Å². The lowest BCUT2D eigenvalue weighted by molar-refractivity contribution is 0.171. The second-order valence-corrected chi connectivity index (χ2v) is 6.82. The largest absolute Gasteiger partial charge is 0.507 e. The summed E-state index contributed by atoms with van der Waals surface area (Å²) in [6, 6.07) is 16.4. The Morgan fingerprint density at radius 2 is 1.82 bits per heavy atom. The zero-order chi connectivity index (χ0) is 19.1. The van der Waals surface area contributed by atoms with Gasteiger partial charge in [-0.2, -0.15) is 0 Å². The Morgan fingerprint density at radius 1 is 1.00 bits per heavy atom. The summed E-state index contributed by atoms with van der Waals surface area (Å²) < 4.78 is 13.1. The number of ether oxygens (including phenoxy) is 2. The highest BCUT2D eigenvalue weighted by Gasteiger charge is 2.18. The van der Waals surface area contributed by atoms with E-state index in [-0.39, 0.29) is 5.75 Å². The number of hydrogen-bond donors (Lipinski definition) is 2. The van der Waals surface area contributed by atoms with Crippen molar-refractivity contribution in [3.63, 3.8) is 0 Å². The minimum absolute atomic E-state index is 0.155. The quantitative estimate of drug-likeness (QED) is 0.519. The molecule has 0 unspecified atom stereocenters. The number of phenols is 1. The summed E-state index contributed by atoms with van der Waals surface area (Å²) in [5.41, 5.74) is 2.77. The Bertz CT molecular complexity index is 1190. The average Bonchev–Trinajstić information content (AvgIpc) is 3.06. The van der Waals surface area contributed by atoms with Gasteiger partial charge < -0.3 is 19.9 Å². The molecule has 140 valence electrons. The molecule has 2 aromatic carbocycles. The van der Waals surface area contributed by atoms with Gasteiger partial charge in [0.05, 0.1) is 5.02 Å². The molecular formula is C21H16ClN3O3. The fraction of sp³-hybridized carbons (Fsp3) is 0.0952. The van der Waals surface area contributed by atoms with Gasteiger partial charge in [-0.15, -0.1) is 0 Å². The van der Waals surface area contributed by atoms with Gasteiger partial charge in [0.25, 0.3) is 0 Å². The first-order chi connectivity index (χ1) is 13.7. The molecule has 2 aromatic heterocycles. The molecule has 3 heterocycles. The van der Waals surface area contributed by atoms with E-state index in [4.69, 9.17) is 26.1 Å². The van der Waals surface area contributed by atoms with Crippen LogP contribution in [0.25, 0.3) is 16.9 Å². The predicted molar refractivity (Wildman–Crippen MR) is 108 cm³/mol. The number of anilines is 2. The molecule has 0 saturated heterocycles. The van der Waals surface area contributed by atoms with E-state index in [0.29, 0.717) is 46.7 Å². The Labute approximate surface area is 165 Å². The van der Waals surface area contributed by atoms with Crippen molar-refractivity contribution in [3.8, 4) is 28.5 Å². The number of aromatic hydroxyl groups is 1. The zero-order valence-electron chi connectivity index (χ0n) is 14.7. The number of halogens is 1. The fourth-order valence-electron chi connectivity index (χ4n) is 3.26. The van der Waals surface area contributed by atoms with Crippen molar-refractivity contribution in [2.45, 2.75) is 0 Å². The first-order valence-corrected chi connectivity index (χ1v) is 9.19. The second kappa shape index (κ2) is 6.65. The molecule has 1 aliphatic heterocycles. The maximum absolute atomic E-state index is 10.4. The number of phenolic OH excluding ortho intramolecular Hbond substituents is 1. The number of hydrogen-bond acceptors (Lipinski definition) is 5. The lowest BCUT2D eigenvalue weighted by Crippen LogP contribution is -2.15. The number of benzene rings is 2. The van der Waals surface area contributed by atoms with Crippen LogP contribution >= 0.6 is 11.6 Å². The Balaban J connectivity index is 1.66. The molecule has 0 fully saturated rings. The van der Waals surface area contributed by atoms with Crippen molar-refractivity contribution in [1.82, 2.24) is 9.38 Å². The number of pyridine rings is 1. The second-order valence-electron chi connectivity index (χ2n) is 6.39. The summed E-state index contributed by atoms with van der Waals surface area (Å²) >= 11 is 6.21. The van der Waals surface area contributed by atoms with Gasteiger partial charge in [0.1, 0.15) is 36.1 Å². The number of fused-ring (bicyclic) bond motifs is 2. The molecule has 7 heteroatoms. The number of para-hydroxylation sites is 1. The normalized spacial score (nSPS) is 12.9. The smallest absolute Gasteiger partial charge is 0.163 e. The third-order valence-electron chi connectivity index (χ3n) is 4.55. The van der Waals surface area contributed by atoms with Crippen LogP contribution in [0, 0.1) is 0 Å². The van der Waals surface area contributed by atoms with Gasteiger partial charge in [-0.3, -0.25) is 4.40 Å². The van der Waals surface area contributed by atoms with Crippen molar-refractivity contribution in [3.05, 3.63) is 65.8 Å². The first kappa shape index (κ1) is 16.8. The van der Waals surface area contributed by atoms with Gasteiger partial charge in [-0.1, -0.05) is 23.7 Å². The van der Waals surface area contributed by atoms with Gasteiger partial charge in [-0.25, -0.2) is 4.98 Å². The van der Waals surface area contributed by atoms with Crippen LogP contribution < -0.4 is 14.8 Å². The van der Waals surface area contributed by atoms with Crippen molar-refractivity contribution in [2.24, 2.45) is 0 Å². The van der Waals surface area contributed by atoms with Crippen LogP contribution in [0.4, 0.5) is 11.5 Å². The van der Waals surface area contributed by atoms with E-state index in [9.17, 15) is 5.11 Å². The lowest BCUT2D eigenvalue weighted by atomic mass is 10.1. The van der Waals surface area contributed by atoms with Crippen LogP contribution in [0.15, 0.2) is 60.8 Å². The summed E-state index contributed by atoms with van der Waals surface area (Å²) in [7, 11) is 0. The molecular weight excluding hydrogens is 378 g/mol. The Kier molecular flexibility index (Phi) is 3.98. The lowest BCUT2D eigenvalue weighted by Gasteiger charge is -2.19. The third-order valence-corrected chi connectivity index (χ3v) is 4.77. The molecule has 1 aliphatic rings. The summed E-state index contributed by atoms with van der Waals surface area (Å²) in [6.07, 6.45) is 1.79. The van der Waals surface area contributed by atoms with Gasteiger partial charge in [0, 0.05) is 23.5 Å². The van der Waals surface area contributed by atoms with E-state index in [1.807, 2.05) is 40.8 Å². The van der Waals surface area contributed by atoms with Crippen LogP contribution in [0.5, 0.6) is 17.2 Å². The SMILES string of the molecule is Oc1ccccc1-c1nc2ccc(Cl)cn2c1Nc1ccc2c(c1)OCCO2. The number of nitrogens with one attached hydrogen (secondary N) is 1. The van der Waals surface area contributed by atoms with Crippen LogP contribution in [-0.2, 0) is 0 Å². The standard InChI is InChI=1S/C21H16ClN3O3/c22-13-5-8-19-24-20(15-3-1-2-4-16(15)26)21(25(19)12-13)23-14-6-7-17-18(11-14)28-10-9-27-17/h1-8,11-12,23,26H,9-10H2. The highest BCUT2D eigenvalue weighted by atomic mass is 35.5. The maximum Gasteiger partial charge on any atom is 0.163 e. The van der Waals surface area contributed by atoms with E-state index >= 15 is 0 Å². The van der Waals surface area contributed by atoms with E-state index in [0.717, 1.165) is 11.4 Å². The van der Waals surface area contributed by atoms with E-state index < -0.39 is 0 Å². The van der Waals surface area contributed by atoms with Crippen molar-refractivity contribution in [1.29, 1.82) is 0 Å². The van der Waals surface area contributed by atoms with E-state index in [1.54, 1.807) is 24.4 Å². The predicted octanol–water partition coefficient (Wildman–Crippen LogP) is 4.88. The molecule has 0 atom stereocenters. The molecule has 0 saturated carbocycles. The maximum atomic E-state index is 10.4. The van der Waals surface area contributed by atoms with Crippen LogP contribution in [0.1, 0.15) is 0 Å². The summed E-state index contributed by atoms with van der Waals surface area (Å²) in [5.74, 6) is 2.25. The number of imidazole rings is 1. The van der Waals surface area contributed by atoms with Crippen LogP contribution in [0.3, 0.4) is 0 Å². The molecule has 6 nitrogen and oxygen atoms in total. The molecule has 28 heavy (non-hydrogen) atoms. The number of aromatic nitrogens is 2.